The maximum Gasteiger partial charge on any atom is 0.258 e. The predicted molar refractivity (Wildman–Crippen MR) is 95.9 cm³/mol. The van der Waals surface area contributed by atoms with E-state index in [2.05, 4.69) is 15.6 Å². The van der Waals surface area contributed by atoms with Crippen molar-refractivity contribution in [1.82, 2.24) is 10.3 Å². The Morgan fingerprint density at radius 1 is 1.26 bits per heavy atom. The molecule has 122 valence electrons. The Labute approximate surface area is 144 Å². The maximum absolute atomic E-state index is 12.6. The molecule has 2 N–H and O–H groups in total. The van der Waals surface area contributed by atoms with Gasteiger partial charge in [-0.05, 0) is 63.1 Å². The standard InChI is InChI=1S/C17H21N3OS2/c21-16(13-10-22-14-4-2-1-3-12(13)14)20-17-19-9-15(23-17)11-5-7-18-8-6-11/h9-11,18H,1-8H2,(H,19,20,21). The third kappa shape index (κ3) is 3.20. The van der Waals surface area contributed by atoms with Gasteiger partial charge in [-0.1, -0.05) is 0 Å². The van der Waals surface area contributed by atoms with Gasteiger partial charge in [0.15, 0.2) is 5.13 Å². The molecule has 0 aromatic carbocycles. The second-order valence-electron chi connectivity index (χ2n) is 6.30. The van der Waals surface area contributed by atoms with Crippen molar-refractivity contribution in [3.63, 3.8) is 0 Å². The molecule has 3 heterocycles. The van der Waals surface area contributed by atoms with E-state index in [9.17, 15) is 4.79 Å². The summed E-state index contributed by atoms with van der Waals surface area (Å²) in [6, 6.07) is 0. The predicted octanol–water partition coefficient (Wildman–Crippen LogP) is 3.80. The Kier molecular flexibility index (Phi) is 4.46. The highest BCUT2D eigenvalue weighted by molar-refractivity contribution is 7.15. The molecule has 0 saturated carbocycles. The summed E-state index contributed by atoms with van der Waals surface area (Å²) >= 11 is 3.37. The first-order valence-corrected chi connectivity index (χ1v) is 10.1. The summed E-state index contributed by atoms with van der Waals surface area (Å²) in [6.45, 7) is 2.15. The lowest BCUT2D eigenvalue weighted by Gasteiger charge is -2.20. The van der Waals surface area contributed by atoms with Gasteiger partial charge in [0.1, 0.15) is 0 Å². The molecule has 23 heavy (non-hydrogen) atoms. The number of hydrogen-bond donors (Lipinski definition) is 2. The van der Waals surface area contributed by atoms with Gasteiger partial charge in [0, 0.05) is 21.3 Å². The number of rotatable bonds is 3. The number of nitrogens with one attached hydrogen (secondary N) is 2. The number of hydrogen-bond acceptors (Lipinski definition) is 5. The second kappa shape index (κ2) is 6.71. The van der Waals surface area contributed by atoms with E-state index in [1.54, 1.807) is 22.7 Å². The largest absolute Gasteiger partial charge is 0.317 e. The van der Waals surface area contributed by atoms with E-state index in [1.807, 2.05) is 11.6 Å². The van der Waals surface area contributed by atoms with Gasteiger partial charge in [-0.2, -0.15) is 0 Å². The van der Waals surface area contributed by atoms with Crippen LogP contribution in [0.1, 0.15) is 57.3 Å². The van der Waals surface area contributed by atoms with Crippen molar-refractivity contribution >= 4 is 33.7 Å². The van der Waals surface area contributed by atoms with Crippen LogP contribution in [0.15, 0.2) is 11.6 Å². The summed E-state index contributed by atoms with van der Waals surface area (Å²) in [7, 11) is 0. The molecule has 2 aliphatic rings. The minimum absolute atomic E-state index is 0.00982. The molecule has 0 spiro atoms. The van der Waals surface area contributed by atoms with Gasteiger partial charge in [0.05, 0.1) is 5.56 Å². The number of carbonyl (C=O) groups is 1. The van der Waals surface area contributed by atoms with Crippen molar-refractivity contribution in [2.45, 2.75) is 44.4 Å². The van der Waals surface area contributed by atoms with Crippen molar-refractivity contribution in [3.8, 4) is 0 Å². The van der Waals surface area contributed by atoms with E-state index in [0.29, 0.717) is 5.92 Å². The van der Waals surface area contributed by atoms with E-state index in [0.717, 1.165) is 49.5 Å². The quantitative estimate of drug-likeness (QED) is 0.888. The van der Waals surface area contributed by atoms with Crippen LogP contribution in [0.3, 0.4) is 0 Å². The summed E-state index contributed by atoms with van der Waals surface area (Å²) < 4.78 is 0. The number of aryl methyl sites for hydroxylation is 1. The molecular formula is C17H21N3OS2. The number of anilines is 1. The van der Waals surface area contributed by atoms with Gasteiger partial charge in [0.25, 0.3) is 5.91 Å². The van der Waals surface area contributed by atoms with Gasteiger partial charge in [-0.15, -0.1) is 22.7 Å². The summed E-state index contributed by atoms with van der Waals surface area (Å²) in [5, 5.41) is 9.16. The lowest BCUT2D eigenvalue weighted by molar-refractivity contribution is 0.102. The smallest absolute Gasteiger partial charge is 0.258 e. The van der Waals surface area contributed by atoms with Crippen LogP contribution in [0.5, 0.6) is 0 Å². The maximum atomic E-state index is 12.6. The molecule has 0 unspecified atom stereocenters. The Balaban J connectivity index is 1.46. The lowest BCUT2D eigenvalue weighted by Crippen LogP contribution is -2.26. The zero-order valence-corrected chi connectivity index (χ0v) is 14.7. The van der Waals surface area contributed by atoms with Crippen LogP contribution in [0, 0.1) is 0 Å². The third-order valence-corrected chi connectivity index (χ3v) is 6.96. The molecule has 1 aliphatic heterocycles. The number of carbonyl (C=O) groups excluding carboxylic acids is 1. The van der Waals surface area contributed by atoms with Crippen LogP contribution in [-0.2, 0) is 12.8 Å². The fraction of sp³-hybridized carbons (Fsp3) is 0.529. The van der Waals surface area contributed by atoms with E-state index < -0.39 is 0 Å². The molecule has 6 heteroatoms. The Morgan fingerprint density at radius 2 is 2.09 bits per heavy atom. The van der Waals surface area contributed by atoms with Crippen molar-refractivity contribution < 1.29 is 4.79 Å². The SMILES string of the molecule is O=C(Nc1ncc(C2CCNCC2)s1)c1csc2c1CCCC2. The molecule has 2 aromatic heterocycles. The van der Waals surface area contributed by atoms with Crippen molar-refractivity contribution in [2.75, 3.05) is 18.4 Å². The highest BCUT2D eigenvalue weighted by Crippen LogP contribution is 2.33. The van der Waals surface area contributed by atoms with Crippen molar-refractivity contribution in [1.29, 1.82) is 0 Å². The van der Waals surface area contributed by atoms with Crippen LogP contribution in [0.2, 0.25) is 0 Å². The number of amides is 1. The molecule has 4 rings (SSSR count). The number of thiophene rings is 1. The van der Waals surface area contributed by atoms with Crippen LogP contribution in [0.25, 0.3) is 0 Å². The fourth-order valence-electron chi connectivity index (χ4n) is 3.49. The van der Waals surface area contributed by atoms with Crippen LogP contribution < -0.4 is 10.6 Å². The first kappa shape index (κ1) is 15.3. The Bertz CT molecular complexity index is 701. The third-order valence-electron chi connectivity index (χ3n) is 4.79. The zero-order chi connectivity index (χ0) is 15.6. The molecule has 2 aromatic rings. The first-order chi connectivity index (χ1) is 11.3. The van der Waals surface area contributed by atoms with Gasteiger partial charge in [-0.25, -0.2) is 4.98 Å². The number of piperidine rings is 1. The Morgan fingerprint density at radius 3 is 2.96 bits per heavy atom. The summed E-state index contributed by atoms with van der Waals surface area (Å²) in [5.41, 5.74) is 2.14. The van der Waals surface area contributed by atoms with Crippen molar-refractivity contribution in [3.05, 3.63) is 32.5 Å². The Hall–Kier alpha value is -1.24. The molecule has 0 bridgehead atoms. The highest BCUT2D eigenvalue weighted by Gasteiger charge is 2.22. The summed E-state index contributed by atoms with van der Waals surface area (Å²) in [4.78, 5) is 19.7. The van der Waals surface area contributed by atoms with E-state index in [-0.39, 0.29) is 5.91 Å². The topological polar surface area (TPSA) is 54.0 Å². The molecule has 1 aliphatic carbocycles. The summed E-state index contributed by atoms with van der Waals surface area (Å²) in [5.74, 6) is 0.601. The molecule has 0 radical (unpaired) electrons. The zero-order valence-electron chi connectivity index (χ0n) is 13.1. The van der Waals surface area contributed by atoms with Crippen LogP contribution in [0.4, 0.5) is 5.13 Å². The number of thiazole rings is 1. The van der Waals surface area contributed by atoms with Gasteiger partial charge in [0.2, 0.25) is 0 Å². The monoisotopic (exact) mass is 347 g/mol. The van der Waals surface area contributed by atoms with Gasteiger partial charge >= 0.3 is 0 Å². The van der Waals surface area contributed by atoms with Crippen LogP contribution in [-0.4, -0.2) is 24.0 Å². The number of fused-ring (bicyclic) bond motifs is 1. The minimum atomic E-state index is 0.00982. The number of nitrogens with zero attached hydrogens (tertiary/aromatic N) is 1. The average Bonchev–Trinajstić information content (AvgIpc) is 3.22. The average molecular weight is 348 g/mol. The van der Waals surface area contributed by atoms with Gasteiger partial charge < -0.3 is 5.32 Å². The number of aromatic nitrogens is 1. The first-order valence-electron chi connectivity index (χ1n) is 8.38. The van der Waals surface area contributed by atoms with E-state index in [1.165, 1.54) is 28.2 Å². The van der Waals surface area contributed by atoms with Crippen molar-refractivity contribution in [2.24, 2.45) is 0 Å². The summed E-state index contributed by atoms with van der Waals surface area (Å²) in [6.07, 6.45) is 8.88. The van der Waals surface area contributed by atoms with Gasteiger partial charge in [-0.3, -0.25) is 10.1 Å². The van der Waals surface area contributed by atoms with E-state index >= 15 is 0 Å². The minimum Gasteiger partial charge on any atom is -0.317 e. The molecule has 1 amide bonds. The van der Waals surface area contributed by atoms with Crippen LogP contribution >= 0.6 is 22.7 Å². The fourth-order valence-corrected chi connectivity index (χ4v) is 5.59. The normalized spacial score (nSPS) is 18.6. The molecular weight excluding hydrogens is 326 g/mol. The second-order valence-corrected chi connectivity index (χ2v) is 8.33. The molecule has 1 saturated heterocycles. The lowest BCUT2D eigenvalue weighted by atomic mass is 9.96. The highest BCUT2D eigenvalue weighted by atomic mass is 32.1. The van der Waals surface area contributed by atoms with E-state index in [4.69, 9.17) is 0 Å². The molecule has 0 atom stereocenters. The molecule has 4 nitrogen and oxygen atoms in total. The molecule has 1 fully saturated rings.